The molecule has 0 amide bonds. The van der Waals surface area contributed by atoms with Crippen LogP contribution in [0.4, 0.5) is 0 Å². The van der Waals surface area contributed by atoms with Gasteiger partial charge in [-0.1, -0.05) is 0 Å². The Bertz CT molecular complexity index is 561. The average molecular weight is 286 g/mol. The van der Waals surface area contributed by atoms with Crippen LogP contribution in [0.5, 0.6) is 11.5 Å². The summed E-state index contributed by atoms with van der Waals surface area (Å²) in [7, 11) is 0. The normalized spacial score (nSPS) is 21.3. The van der Waals surface area contributed by atoms with Gasteiger partial charge in [-0.2, -0.15) is 5.26 Å². The van der Waals surface area contributed by atoms with E-state index < -0.39 is 0 Å². The molecule has 1 aromatic rings. The van der Waals surface area contributed by atoms with E-state index in [1.807, 2.05) is 19.1 Å². The number of nitrogens with one attached hydrogen (secondary N) is 1. The van der Waals surface area contributed by atoms with Gasteiger partial charge in [-0.05, 0) is 51.3 Å². The number of nitriles is 1. The highest BCUT2D eigenvalue weighted by molar-refractivity contribution is 5.51. The van der Waals surface area contributed by atoms with Crippen molar-refractivity contribution in [2.24, 2.45) is 5.92 Å². The van der Waals surface area contributed by atoms with E-state index in [9.17, 15) is 5.26 Å². The molecule has 2 unspecified atom stereocenters. The predicted molar refractivity (Wildman–Crippen MR) is 80.5 cm³/mol. The molecule has 21 heavy (non-hydrogen) atoms. The highest BCUT2D eigenvalue weighted by atomic mass is 16.5. The van der Waals surface area contributed by atoms with E-state index in [1.54, 1.807) is 0 Å². The van der Waals surface area contributed by atoms with Crippen LogP contribution < -0.4 is 14.8 Å². The number of rotatable bonds is 6. The Morgan fingerprint density at radius 2 is 2.29 bits per heavy atom. The average Bonchev–Trinajstić information content (AvgIpc) is 3.21. The van der Waals surface area contributed by atoms with Gasteiger partial charge in [0.1, 0.15) is 23.6 Å². The fourth-order valence-electron chi connectivity index (χ4n) is 2.79. The fraction of sp³-hybridized carbons (Fsp3) is 0.588. The zero-order valence-electron chi connectivity index (χ0n) is 12.7. The molecule has 0 spiro atoms. The monoisotopic (exact) mass is 286 g/mol. The van der Waals surface area contributed by atoms with Gasteiger partial charge in [-0.25, -0.2) is 0 Å². The first-order valence-corrected chi connectivity index (χ1v) is 7.80. The highest BCUT2D eigenvalue weighted by Gasteiger charge is 2.27. The minimum atomic E-state index is -0.336. The molecule has 4 nitrogen and oxygen atoms in total. The Morgan fingerprint density at radius 3 is 2.95 bits per heavy atom. The molecule has 2 aliphatic rings. The molecular weight excluding hydrogens is 264 g/mol. The summed E-state index contributed by atoms with van der Waals surface area (Å²) in [4.78, 5) is 0. The van der Waals surface area contributed by atoms with Gasteiger partial charge in [0, 0.05) is 17.5 Å². The third-order valence-electron chi connectivity index (χ3n) is 4.08. The van der Waals surface area contributed by atoms with E-state index in [1.165, 1.54) is 18.4 Å². The summed E-state index contributed by atoms with van der Waals surface area (Å²) in [6, 6.07) is 6.05. The Morgan fingerprint density at radius 1 is 1.48 bits per heavy atom. The van der Waals surface area contributed by atoms with Crippen molar-refractivity contribution < 1.29 is 9.47 Å². The van der Waals surface area contributed by atoms with E-state index in [2.05, 4.69) is 18.3 Å². The van der Waals surface area contributed by atoms with Crippen LogP contribution in [0.1, 0.15) is 43.9 Å². The van der Waals surface area contributed by atoms with Crippen molar-refractivity contribution in [3.63, 3.8) is 0 Å². The van der Waals surface area contributed by atoms with Gasteiger partial charge < -0.3 is 9.47 Å². The van der Waals surface area contributed by atoms with E-state index >= 15 is 0 Å². The number of benzene rings is 1. The summed E-state index contributed by atoms with van der Waals surface area (Å²) in [5.41, 5.74) is 2.07. The molecule has 1 N–H and O–H groups in total. The van der Waals surface area contributed by atoms with Gasteiger partial charge in [0.25, 0.3) is 0 Å². The molecule has 0 aromatic heterocycles. The van der Waals surface area contributed by atoms with Crippen LogP contribution in [0.25, 0.3) is 0 Å². The van der Waals surface area contributed by atoms with Gasteiger partial charge >= 0.3 is 0 Å². The number of hydrogen-bond acceptors (Lipinski definition) is 4. The van der Waals surface area contributed by atoms with Crippen molar-refractivity contribution in [3.05, 3.63) is 23.3 Å². The van der Waals surface area contributed by atoms with Crippen LogP contribution >= 0.6 is 0 Å². The first kappa shape index (κ1) is 14.2. The third-order valence-corrected chi connectivity index (χ3v) is 4.08. The van der Waals surface area contributed by atoms with Crippen molar-refractivity contribution in [3.8, 4) is 17.6 Å². The van der Waals surface area contributed by atoms with Crippen molar-refractivity contribution in [1.82, 2.24) is 5.32 Å². The quantitative estimate of drug-likeness (QED) is 0.873. The first-order chi connectivity index (χ1) is 10.2. The van der Waals surface area contributed by atoms with Gasteiger partial charge in [0.05, 0.1) is 12.7 Å². The molecule has 1 fully saturated rings. The van der Waals surface area contributed by atoms with E-state index in [0.29, 0.717) is 6.61 Å². The van der Waals surface area contributed by atoms with Gasteiger partial charge in [0.15, 0.2) is 0 Å². The molecule has 0 saturated heterocycles. The SMILES string of the molecule is CCOc1cc2c(cc1C(C#N)NCC1CC1)OC(C)C2. The maximum absolute atomic E-state index is 9.50. The Kier molecular flexibility index (Phi) is 4.03. The minimum absolute atomic E-state index is 0.199. The summed E-state index contributed by atoms with van der Waals surface area (Å²) < 4.78 is 11.6. The van der Waals surface area contributed by atoms with Crippen LogP contribution in [0.15, 0.2) is 12.1 Å². The Labute approximate surface area is 126 Å². The second kappa shape index (κ2) is 5.95. The zero-order chi connectivity index (χ0) is 14.8. The van der Waals surface area contributed by atoms with E-state index in [0.717, 1.165) is 35.9 Å². The van der Waals surface area contributed by atoms with Crippen molar-refractivity contribution >= 4 is 0 Å². The van der Waals surface area contributed by atoms with Crippen LogP contribution in [0, 0.1) is 17.2 Å². The zero-order valence-corrected chi connectivity index (χ0v) is 12.7. The maximum atomic E-state index is 9.50. The number of fused-ring (bicyclic) bond motifs is 1. The van der Waals surface area contributed by atoms with Crippen molar-refractivity contribution in [2.45, 2.75) is 45.3 Å². The molecule has 1 heterocycles. The van der Waals surface area contributed by atoms with Crippen molar-refractivity contribution in [2.75, 3.05) is 13.2 Å². The molecule has 4 heteroatoms. The maximum Gasteiger partial charge on any atom is 0.125 e. The standard InChI is InChI=1S/C17H22N2O2/c1-3-20-17-7-13-6-11(2)21-16(13)8-14(17)15(9-18)19-10-12-4-5-12/h7-8,11-12,15,19H,3-6,10H2,1-2H3. The van der Waals surface area contributed by atoms with Crippen molar-refractivity contribution in [1.29, 1.82) is 5.26 Å². The van der Waals surface area contributed by atoms with Gasteiger partial charge in [-0.3, -0.25) is 5.32 Å². The second-order valence-corrected chi connectivity index (χ2v) is 5.98. The van der Waals surface area contributed by atoms with Gasteiger partial charge in [0.2, 0.25) is 0 Å². The topological polar surface area (TPSA) is 54.3 Å². The lowest BCUT2D eigenvalue weighted by atomic mass is 10.0. The van der Waals surface area contributed by atoms with Crippen LogP contribution in [-0.4, -0.2) is 19.3 Å². The molecule has 1 saturated carbocycles. The molecule has 112 valence electrons. The molecular formula is C17H22N2O2. The lowest BCUT2D eigenvalue weighted by molar-refractivity contribution is 0.254. The third kappa shape index (κ3) is 3.14. The summed E-state index contributed by atoms with van der Waals surface area (Å²) >= 11 is 0. The van der Waals surface area contributed by atoms with Crippen LogP contribution in [0.2, 0.25) is 0 Å². The first-order valence-electron chi connectivity index (χ1n) is 7.80. The van der Waals surface area contributed by atoms with Crippen LogP contribution in [0.3, 0.4) is 0 Å². The van der Waals surface area contributed by atoms with E-state index in [4.69, 9.17) is 9.47 Å². The number of ether oxygens (including phenoxy) is 2. The lowest BCUT2D eigenvalue weighted by Gasteiger charge is -2.17. The molecule has 0 bridgehead atoms. The molecule has 1 aromatic carbocycles. The Balaban J connectivity index is 1.87. The number of nitrogens with zero attached hydrogens (tertiary/aromatic N) is 1. The fourth-order valence-corrected chi connectivity index (χ4v) is 2.79. The lowest BCUT2D eigenvalue weighted by Crippen LogP contribution is -2.23. The molecule has 0 radical (unpaired) electrons. The summed E-state index contributed by atoms with van der Waals surface area (Å²) in [5.74, 6) is 2.44. The smallest absolute Gasteiger partial charge is 0.125 e. The number of hydrogen-bond donors (Lipinski definition) is 1. The molecule has 2 atom stereocenters. The summed E-state index contributed by atoms with van der Waals surface area (Å²) in [6.45, 7) is 5.53. The van der Waals surface area contributed by atoms with Gasteiger partial charge in [-0.15, -0.1) is 0 Å². The minimum Gasteiger partial charge on any atom is -0.493 e. The highest BCUT2D eigenvalue weighted by Crippen LogP contribution is 2.38. The van der Waals surface area contributed by atoms with Crippen LogP contribution in [-0.2, 0) is 6.42 Å². The molecule has 1 aliphatic carbocycles. The second-order valence-electron chi connectivity index (χ2n) is 5.98. The predicted octanol–water partition coefficient (Wildman–Crippen LogP) is 2.97. The Hall–Kier alpha value is -1.73. The largest absolute Gasteiger partial charge is 0.493 e. The molecule has 1 aliphatic heterocycles. The molecule has 3 rings (SSSR count). The summed E-state index contributed by atoms with van der Waals surface area (Å²) in [6.07, 6.45) is 3.65. The summed E-state index contributed by atoms with van der Waals surface area (Å²) in [5, 5.41) is 12.8. The van der Waals surface area contributed by atoms with E-state index in [-0.39, 0.29) is 12.1 Å².